The van der Waals surface area contributed by atoms with Gasteiger partial charge in [0.1, 0.15) is 0 Å². The van der Waals surface area contributed by atoms with Crippen LogP contribution in [0, 0.1) is 0 Å². The lowest BCUT2D eigenvalue weighted by Crippen LogP contribution is -2.31. The Kier molecular flexibility index (Phi) is 8.07. The summed E-state index contributed by atoms with van der Waals surface area (Å²) in [5.74, 6) is 0. The Balaban J connectivity index is 4.00. The van der Waals surface area contributed by atoms with E-state index in [0.717, 1.165) is 12.8 Å². The number of hydrogen-bond donors (Lipinski definition) is 0. The molecule has 1 unspecified atom stereocenters. The molecule has 90 valence electrons. The lowest BCUT2D eigenvalue weighted by atomic mass is 10.1. The molecule has 0 bridgehead atoms. The summed E-state index contributed by atoms with van der Waals surface area (Å²) < 4.78 is 6.17. The minimum absolute atomic E-state index is 0.458. The number of allylic oxidation sites excluding steroid dienone is 1. The molecule has 0 aromatic carbocycles. The van der Waals surface area contributed by atoms with Crippen LogP contribution >= 0.6 is 0 Å². The SMILES string of the molecule is CCC=CCC(CCCC)O[Si](C)(C)C. The fraction of sp³-hybridized carbons (Fsp3) is 0.846. The lowest BCUT2D eigenvalue weighted by Gasteiger charge is -2.25. The Morgan fingerprint density at radius 3 is 2.27 bits per heavy atom. The van der Waals surface area contributed by atoms with Crippen molar-refractivity contribution in [2.45, 2.75) is 71.7 Å². The first-order valence-corrected chi connectivity index (χ1v) is 9.73. The van der Waals surface area contributed by atoms with Crippen molar-refractivity contribution in [3.63, 3.8) is 0 Å². The van der Waals surface area contributed by atoms with Gasteiger partial charge < -0.3 is 4.43 Å². The second-order valence-electron chi connectivity index (χ2n) is 5.11. The van der Waals surface area contributed by atoms with Gasteiger partial charge in [-0.15, -0.1) is 0 Å². The van der Waals surface area contributed by atoms with Crippen molar-refractivity contribution in [3.05, 3.63) is 12.2 Å². The molecule has 0 amide bonds. The van der Waals surface area contributed by atoms with E-state index in [4.69, 9.17) is 4.43 Å². The average molecular weight is 228 g/mol. The molecule has 0 rings (SSSR count). The summed E-state index contributed by atoms with van der Waals surface area (Å²) in [7, 11) is -1.36. The molecular weight excluding hydrogens is 200 g/mol. The predicted molar refractivity (Wildman–Crippen MR) is 71.8 cm³/mol. The van der Waals surface area contributed by atoms with E-state index in [0.29, 0.717) is 6.10 Å². The van der Waals surface area contributed by atoms with E-state index in [1.807, 2.05) is 0 Å². The van der Waals surface area contributed by atoms with Gasteiger partial charge in [0, 0.05) is 6.10 Å². The topological polar surface area (TPSA) is 9.23 Å². The van der Waals surface area contributed by atoms with Gasteiger partial charge in [-0.25, -0.2) is 0 Å². The summed E-state index contributed by atoms with van der Waals surface area (Å²) in [5.41, 5.74) is 0. The molecule has 0 fully saturated rings. The molecule has 0 saturated carbocycles. The van der Waals surface area contributed by atoms with Gasteiger partial charge >= 0.3 is 0 Å². The first-order valence-electron chi connectivity index (χ1n) is 6.32. The molecule has 0 aromatic rings. The maximum Gasteiger partial charge on any atom is 0.184 e. The molecule has 0 heterocycles. The van der Waals surface area contributed by atoms with Crippen LogP contribution < -0.4 is 0 Å². The molecule has 0 aliphatic rings. The van der Waals surface area contributed by atoms with Crippen molar-refractivity contribution in [3.8, 4) is 0 Å². The van der Waals surface area contributed by atoms with E-state index in [2.05, 4.69) is 45.6 Å². The minimum Gasteiger partial charge on any atom is -0.414 e. The highest BCUT2D eigenvalue weighted by molar-refractivity contribution is 6.69. The lowest BCUT2D eigenvalue weighted by molar-refractivity contribution is 0.183. The van der Waals surface area contributed by atoms with Crippen LogP contribution in [-0.2, 0) is 4.43 Å². The number of unbranched alkanes of at least 4 members (excludes halogenated alkanes) is 1. The monoisotopic (exact) mass is 228 g/mol. The van der Waals surface area contributed by atoms with E-state index in [1.54, 1.807) is 0 Å². The third-order valence-electron chi connectivity index (χ3n) is 2.20. The van der Waals surface area contributed by atoms with Crippen LogP contribution in [0.1, 0.15) is 46.0 Å². The summed E-state index contributed by atoms with van der Waals surface area (Å²) >= 11 is 0. The zero-order chi connectivity index (χ0) is 11.7. The fourth-order valence-corrected chi connectivity index (χ4v) is 2.79. The van der Waals surface area contributed by atoms with Crippen LogP contribution in [0.4, 0.5) is 0 Å². The molecule has 0 N–H and O–H groups in total. The molecule has 1 nitrogen and oxygen atoms in total. The third-order valence-corrected chi connectivity index (χ3v) is 3.24. The first-order chi connectivity index (χ1) is 6.99. The van der Waals surface area contributed by atoms with Crippen molar-refractivity contribution in [1.82, 2.24) is 0 Å². The average Bonchev–Trinajstić information content (AvgIpc) is 2.12. The van der Waals surface area contributed by atoms with Gasteiger partial charge in [-0.1, -0.05) is 38.8 Å². The first kappa shape index (κ1) is 14.9. The van der Waals surface area contributed by atoms with Crippen molar-refractivity contribution >= 4 is 8.32 Å². The number of rotatable bonds is 8. The molecule has 0 spiro atoms. The van der Waals surface area contributed by atoms with E-state index >= 15 is 0 Å². The quantitative estimate of drug-likeness (QED) is 0.430. The second-order valence-corrected chi connectivity index (χ2v) is 9.57. The van der Waals surface area contributed by atoms with Crippen LogP contribution in [-0.4, -0.2) is 14.4 Å². The Morgan fingerprint density at radius 1 is 1.13 bits per heavy atom. The molecule has 2 heteroatoms. The Morgan fingerprint density at radius 2 is 1.80 bits per heavy atom. The Hall–Kier alpha value is -0.0831. The standard InChI is InChI=1S/C13H28OSi/c1-6-8-10-12-13(11-9-7-2)14-15(3,4)5/h8,10,13H,6-7,9,11-12H2,1-5H3. The molecule has 0 aromatic heterocycles. The van der Waals surface area contributed by atoms with Crippen molar-refractivity contribution in [1.29, 1.82) is 0 Å². The van der Waals surface area contributed by atoms with E-state index in [9.17, 15) is 0 Å². The summed E-state index contributed by atoms with van der Waals surface area (Å²) in [4.78, 5) is 0. The molecule has 15 heavy (non-hydrogen) atoms. The van der Waals surface area contributed by atoms with E-state index in [-0.39, 0.29) is 0 Å². The maximum atomic E-state index is 6.17. The van der Waals surface area contributed by atoms with Gasteiger partial charge in [0.2, 0.25) is 0 Å². The molecular formula is C13H28OSi. The smallest absolute Gasteiger partial charge is 0.184 e. The van der Waals surface area contributed by atoms with Gasteiger partial charge in [-0.05, 0) is 38.9 Å². The Bertz CT molecular complexity index is 170. The highest BCUT2D eigenvalue weighted by atomic mass is 28.4. The van der Waals surface area contributed by atoms with Crippen LogP contribution in [0.3, 0.4) is 0 Å². The normalized spacial score (nSPS) is 14.7. The zero-order valence-electron chi connectivity index (χ0n) is 11.2. The molecule has 0 aliphatic heterocycles. The van der Waals surface area contributed by atoms with Crippen molar-refractivity contribution in [2.24, 2.45) is 0 Å². The molecule has 0 radical (unpaired) electrons. The van der Waals surface area contributed by atoms with E-state index in [1.165, 1.54) is 19.3 Å². The van der Waals surface area contributed by atoms with Gasteiger partial charge in [-0.2, -0.15) is 0 Å². The van der Waals surface area contributed by atoms with Gasteiger partial charge in [0.15, 0.2) is 8.32 Å². The van der Waals surface area contributed by atoms with Crippen molar-refractivity contribution in [2.75, 3.05) is 0 Å². The zero-order valence-corrected chi connectivity index (χ0v) is 12.2. The highest BCUT2D eigenvalue weighted by Crippen LogP contribution is 2.16. The predicted octanol–water partition coefficient (Wildman–Crippen LogP) is 4.75. The fourth-order valence-electron chi connectivity index (χ4n) is 1.57. The summed E-state index contributed by atoms with van der Waals surface area (Å²) in [6.45, 7) is 11.2. The van der Waals surface area contributed by atoms with Crippen LogP contribution in [0.15, 0.2) is 12.2 Å². The second kappa shape index (κ2) is 8.11. The molecule has 0 saturated heterocycles. The van der Waals surface area contributed by atoms with Gasteiger partial charge in [0.25, 0.3) is 0 Å². The number of hydrogen-bond acceptors (Lipinski definition) is 1. The van der Waals surface area contributed by atoms with Crippen LogP contribution in [0.25, 0.3) is 0 Å². The summed E-state index contributed by atoms with van der Waals surface area (Å²) in [6, 6.07) is 0. The summed E-state index contributed by atoms with van der Waals surface area (Å²) in [6.07, 6.45) is 11.0. The van der Waals surface area contributed by atoms with Crippen molar-refractivity contribution < 1.29 is 4.43 Å². The molecule has 1 atom stereocenters. The Labute approximate surface area is 97.0 Å². The van der Waals surface area contributed by atoms with E-state index < -0.39 is 8.32 Å². The summed E-state index contributed by atoms with van der Waals surface area (Å²) in [5, 5.41) is 0. The molecule has 0 aliphatic carbocycles. The van der Waals surface area contributed by atoms with Crippen LogP contribution in [0.5, 0.6) is 0 Å². The van der Waals surface area contributed by atoms with Gasteiger partial charge in [0.05, 0.1) is 0 Å². The van der Waals surface area contributed by atoms with Crippen LogP contribution in [0.2, 0.25) is 19.6 Å². The van der Waals surface area contributed by atoms with Gasteiger partial charge in [-0.3, -0.25) is 0 Å². The largest absolute Gasteiger partial charge is 0.414 e. The minimum atomic E-state index is -1.36. The third kappa shape index (κ3) is 10.2. The highest BCUT2D eigenvalue weighted by Gasteiger charge is 2.19. The maximum absolute atomic E-state index is 6.17.